The maximum absolute atomic E-state index is 12.0. The molecular weight excluding hydrogens is 231 g/mol. The molecule has 2 aromatic rings. The van der Waals surface area contributed by atoms with Crippen LogP contribution in [0.5, 0.6) is 0 Å². The normalized spacial score (nSPS) is 10.3. The molecular formula is C13H15FN4. The van der Waals surface area contributed by atoms with Crippen LogP contribution in [0.2, 0.25) is 0 Å². The van der Waals surface area contributed by atoms with E-state index in [1.54, 1.807) is 6.07 Å². The van der Waals surface area contributed by atoms with E-state index in [0.717, 1.165) is 5.56 Å². The number of alkyl halides is 1. The predicted octanol–water partition coefficient (Wildman–Crippen LogP) is 2.50. The van der Waals surface area contributed by atoms with Gasteiger partial charge in [0.2, 0.25) is 0 Å². The molecule has 18 heavy (non-hydrogen) atoms. The van der Waals surface area contributed by atoms with E-state index in [1.807, 2.05) is 30.3 Å². The summed E-state index contributed by atoms with van der Waals surface area (Å²) in [7, 11) is 0. The third kappa shape index (κ3) is 3.16. The first kappa shape index (κ1) is 12.3. The maximum Gasteiger partial charge on any atom is 0.163 e. The Morgan fingerprint density at radius 2 is 1.94 bits per heavy atom. The minimum Gasteiger partial charge on any atom is -0.384 e. The fourth-order valence-electron chi connectivity index (χ4n) is 1.56. The van der Waals surface area contributed by atoms with Gasteiger partial charge in [-0.05, 0) is 6.42 Å². The summed E-state index contributed by atoms with van der Waals surface area (Å²) < 4.78 is 12.0. The number of nitrogens with two attached hydrogens (primary N) is 1. The topological polar surface area (TPSA) is 63.8 Å². The zero-order valence-corrected chi connectivity index (χ0v) is 9.94. The van der Waals surface area contributed by atoms with Gasteiger partial charge in [0.05, 0.1) is 6.67 Å². The second-order valence-corrected chi connectivity index (χ2v) is 3.84. The van der Waals surface area contributed by atoms with Crippen LogP contribution in [0.1, 0.15) is 6.42 Å². The van der Waals surface area contributed by atoms with Crippen molar-refractivity contribution in [3.05, 3.63) is 36.4 Å². The van der Waals surface area contributed by atoms with Crippen LogP contribution >= 0.6 is 0 Å². The molecule has 5 heteroatoms. The molecule has 0 fully saturated rings. The van der Waals surface area contributed by atoms with Gasteiger partial charge in [-0.1, -0.05) is 30.3 Å². The molecule has 0 atom stereocenters. The highest BCUT2D eigenvalue weighted by molar-refractivity contribution is 5.60. The minimum atomic E-state index is -0.348. The van der Waals surface area contributed by atoms with Crippen LogP contribution in [0, 0.1) is 0 Å². The molecule has 0 amide bonds. The van der Waals surface area contributed by atoms with Crippen LogP contribution in [0.3, 0.4) is 0 Å². The number of halogens is 1. The standard InChI is InChI=1S/C13H15FN4/c14-7-4-8-16-12-9-11(15)17-13(18-12)10-5-2-1-3-6-10/h1-3,5-6,9H,4,7-8H2,(H3,15,16,17,18). The Bertz CT molecular complexity index is 502. The number of nitrogens with zero attached hydrogens (tertiary/aromatic N) is 2. The number of hydrogen-bond acceptors (Lipinski definition) is 4. The zero-order valence-electron chi connectivity index (χ0n) is 9.94. The van der Waals surface area contributed by atoms with Crippen molar-refractivity contribution >= 4 is 11.6 Å². The molecule has 1 aromatic heterocycles. The highest BCUT2D eigenvalue weighted by Gasteiger charge is 2.04. The summed E-state index contributed by atoms with van der Waals surface area (Å²) in [6.07, 6.45) is 0.449. The van der Waals surface area contributed by atoms with Gasteiger partial charge in [0.1, 0.15) is 11.6 Å². The van der Waals surface area contributed by atoms with Gasteiger partial charge in [0.15, 0.2) is 5.82 Å². The number of hydrogen-bond donors (Lipinski definition) is 2. The van der Waals surface area contributed by atoms with Crippen molar-refractivity contribution in [1.29, 1.82) is 0 Å². The molecule has 1 aromatic carbocycles. The van der Waals surface area contributed by atoms with Crippen LogP contribution < -0.4 is 11.1 Å². The summed E-state index contributed by atoms with van der Waals surface area (Å²) >= 11 is 0. The molecule has 2 rings (SSSR count). The second-order valence-electron chi connectivity index (χ2n) is 3.84. The van der Waals surface area contributed by atoms with Gasteiger partial charge in [-0.2, -0.15) is 0 Å². The lowest BCUT2D eigenvalue weighted by molar-refractivity contribution is 0.481. The summed E-state index contributed by atoms with van der Waals surface area (Å²) in [5.74, 6) is 1.58. The largest absolute Gasteiger partial charge is 0.384 e. The van der Waals surface area contributed by atoms with Crippen molar-refractivity contribution in [3.8, 4) is 11.4 Å². The quantitative estimate of drug-likeness (QED) is 0.796. The molecule has 0 spiro atoms. The molecule has 0 aliphatic carbocycles. The number of nitrogen functional groups attached to an aromatic ring is 1. The molecule has 0 saturated heterocycles. The summed E-state index contributed by atoms with van der Waals surface area (Å²) in [6, 6.07) is 11.2. The van der Waals surface area contributed by atoms with Crippen molar-refractivity contribution in [2.24, 2.45) is 0 Å². The molecule has 94 valence electrons. The van der Waals surface area contributed by atoms with Crippen LogP contribution in [0.15, 0.2) is 36.4 Å². The van der Waals surface area contributed by atoms with E-state index in [4.69, 9.17) is 5.73 Å². The lowest BCUT2D eigenvalue weighted by atomic mass is 10.2. The Labute approximate surface area is 105 Å². The molecule has 0 radical (unpaired) electrons. The average molecular weight is 246 g/mol. The number of aromatic nitrogens is 2. The minimum absolute atomic E-state index is 0.348. The molecule has 1 heterocycles. The Morgan fingerprint density at radius 1 is 1.17 bits per heavy atom. The van der Waals surface area contributed by atoms with Crippen LogP contribution in [-0.2, 0) is 0 Å². The zero-order chi connectivity index (χ0) is 12.8. The van der Waals surface area contributed by atoms with Crippen LogP contribution in [0.4, 0.5) is 16.0 Å². The van der Waals surface area contributed by atoms with Gasteiger partial charge < -0.3 is 11.1 Å². The summed E-state index contributed by atoms with van der Waals surface area (Å²) in [6.45, 7) is 0.181. The number of rotatable bonds is 5. The van der Waals surface area contributed by atoms with Crippen molar-refractivity contribution in [2.45, 2.75) is 6.42 Å². The van der Waals surface area contributed by atoms with Gasteiger partial charge in [0, 0.05) is 18.2 Å². The summed E-state index contributed by atoms with van der Waals surface area (Å²) in [5.41, 5.74) is 6.64. The second kappa shape index (κ2) is 5.95. The fraction of sp³-hybridized carbons (Fsp3) is 0.231. The molecule has 0 aliphatic rings. The van der Waals surface area contributed by atoms with Gasteiger partial charge >= 0.3 is 0 Å². The smallest absolute Gasteiger partial charge is 0.163 e. The number of nitrogens with one attached hydrogen (secondary N) is 1. The average Bonchev–Trinajstić information content (AvgIpc) is 2.39. The van der Waals surface area contributed by atoms with E-state index in [-0.39, 0.29) is 6.67 Å². The Balaban J connectivity index is 2.21. The van der Waals surface area contributed by atoms with E-state index in [0.29, 0.717) is 30.4 Å². The van der Waals surface area contributed by atoms with Gasteiger partial charge in [-0.15, -0.1) is 0 Å². The molecule has 3 N–H and O–H groups in total. The van der Waals surface area contributed by atoms with Gasteiger partial charge in [-0.3, -0.25) is 4.39 Å². The third-order valence-electron chi connectivity index (χ3n) is 2.39. The van der Waals surface area contributed by atoms with Crippen molar-refractivity contribution in [1.82, 2.24) is 9.97 Å². The Morgan fingerprint density at radius 3 is 2.67 bits per heavy atom. The summed E-state index contributed by atoms with van der Waals surface area (Å²) in [4.78, 5) is 8.54. The highest BCUT2D eigenvalue weighted by Crippen LogP contribution is 2.18. The van der Waals surface area contributed by atoms with E-state index < -0.39 is 0 Å². The first-order valence-corrected chi connectivity index (χ1v) is 5.79. The predicted molar refractivity (Wildman–Crippen MR) is 71.0 cm³/mol. The van der Waals surface area contributed by atoms with E-state index in [2.05, 4.69) is 15.3 Å². The molecule has 0 saturated carbocycles. The Hall–Kier alpha value is -2.17. The highest BCUT2D eigenvalue weighted by atomic mass is 19.1. The van der Waals surface area contributed by atoms with E-state index in [1.165, 1.54) is 0 Å². The molecule has 0 bridgehead atoms. The van der Waals surface area contributed by atoms with Crippen molar-refractivity contribution in [3.63, 3.8) is 0 Å². The monoisotopic (exact) mass is 246 g/mol. The molecule has 4 nitrogen and oxygen atoms in total. The van der Waals surface area contributed by atoms with E-state index in [9.17, 15) is 4.39 Å². The van der Waals surface area contributed by atoms with E-state index >= 15 is 0 Å². The first-order valence-electron chi connectivity index (χ1n) is 5.79. The number of benzene rings is 1. The SMILES string of the molecule is Nc1cc(NCCCF)nc(-c2ccccc2)n1. The molecule has 0 aliphatic heterocycles. The lowest BCUT2D eigenvalue weighted by Crippen LogP contribution is -2.06. The molecule has 0 unspecified atom stereocenters. The summed E-state index contributed by atoms with van der Waals surface area (Å²) in [5, 5.41) is 3.03. The maximum atomic E-state index is 12.0. The fourth-order valence-corrected chi connectivity index (χ4v) is 1.56. The van der Waals surface area contributed by atoms with Gasteiger partial charge in [-0.25, -0.2) is 9.97 Å². The third-order valence-corrected chi connectivity index (χ3v) is 2.39. The van der Waals surface area contributed by atoms with Gasteiger partial charge in [0.25, 0.3) is 0 Å². The van der Waals surface area contributed by atoms with Crippen LogP contribution in [-0.4, -0.2) is 23.2 Å². The first-order chi connectivity index (χ1) is 8.79. The van der Waals surface area contributed by atoms with Crippen molar-refractivity contribution < 1.29 is 4.39 Å². The van der Waals surface area contributed by atoms with Crippen molar-refractivity contribution in [2.75, 3.05) is 24.3 Å². The van der Waals surface area contributed by atoms with Crippen LogP contribution in [0.25, 0.3) is 11.4 Å². The number of anilines is 2. The lowest BCUT2D eigenvalue weighted by Gasteiger charge is -2.07. The Kier molecular flexibility index (Phi) is 4.06.